The summed E-state index contributed by atoms with van der Waals surface area (Å²) in [5.41, 5.74) is 0. The Morgan fingerprint density at radius 2 is 1.82 bits per heavy atom. The topological polar surface area (TPSA) is 30.5 Å². The van der Waals surface area contributed by atoms with E-state index in [1.165, 1.54) is 18.2 Å². The zero-order valence-electron chi connectivity index (χ0n) is 9.84. The van der Waals surface area contributed by atoms with Gasteiger partial charge in [0.15, 0.2) is 17.4 Å². The Kier molecular flexibility index (Phi) is 6.50. The van der Waals surface area contributed by atoms with Crippen LogP contribution in [0.25, 0.3) is 0 Å². The first-order valence-corrected chi connectivity index (χ1v) is 5.52. The lowest BCUT2D eigenvalue weighted by molar-refractivity contribution is 0.193. The maximum atomic E-state index is 13.1. The number of halogens is 2. The minimum Gasteiger partial charge on any atom is -0.486 e. The van der Waals surface area contributed by atoms with E-state index in [2.05, 4.69) is 5.32 Å². The Bertz CT molecular complexity index is 314. The van der Waals surface area contributed by atoms with E-state index in [1.807, 2.05) is 0 Å². The lowest BCUT2D eigenvalue weighted by Crippen LogP contribution is -2.23. The number of hydrogen-bond acceptors (Lipinski definition) is 3. The largest absolute Gasteiger partial charge is 0.486 e. The standard InChI is InChI=1S/C12H17F2NO2/c1-16-8-3-6-15-7-9-17-12-10(13)4-2-5-11(12)14/h2,4-5,15H,3,6-9H2,1H3. The first-order valence-electron chi connectivity index (χ1n) is 5.52. The Morgan fingerprint density at radius 3 is 2.47 bits per heavy atom. The van der Waals surface area contributed by atoms with Crippen LogP contribution in [0, 0.1) is 11.6 Å². The summed E-state index contributed by atoms with van der Waals surface area (Å²) in [5, 5.41) is 3.08. The molecule has 0 aliphatic rings. The second-order valence-corrected chi connectivity index (χ2v) is 3.50. The van der Waals surface area contributed by atoms with Gasteiger partial charge in [-0.25, -0.2) is 8.78 Å². The van der Waals surface area contributed by atoms with Gasteiger partial charge in [0.2, 0.25) is 0 Å². The summed E-state index contributed by atoms with van der Waals surface area (Å²) in [4.78, 5) is 0. The average Bonchev–Trinajstić information content (AvgIpc) is 2.31. The third-order valence-corrected chi connectivity index (χ3v) is 2.15. The minimum atomic E-state index is -0.676. The number of rotatable bonds is 8. The van der Waals surface area contributed by atoms with E-state index in [1.54, 1.807) is 7.11 Å². The molecule has 0 aliphatic heterocycles. The van der Waals surface area contributed by atoms with Gasteiger partial charge in [-0.1, -0.05) is 6.07 Å². The van der Waals surface area contributed by atoms with Crippen molar-refractivity contribution in [1.82, 2.24) is 5.32 Å². The van der Waals surface area contributed by atoms with Gasteiger partial charge in [-0.3, -0.25) is 0 Å². The Balaban J connectivity index is 2.18. The van der Waals surface area contributed by atoms with Crippen molar-refractivity contribution >= 4 is 0 Å². The van der Waals surface area contributed by atoms with Gasteiger partial charge in [-0.2, -0.15) is 0 Å². The first-order chi connectivity index (χ1) is 8.25. The van der Waals surface area contributed by atoms with E-state index in [9.17, 15) is 8.78 Å². The molecule has 0 amide bonds. The summed E-state index contributed by atoms with van der Waals surface area (Å²) in [6, 6.07) is 3.65. The first kappa shape index (κ1) is 13.9. The molecule has 5 heteroatoms. The second kappa shape index (κ2) is 7.97. The van der Waals surface area contributed by atoms with Crippen molar-refractivity contribution in [2.75, 3.05) is 33.4 Å². The Morgan fingerprint density at radius 1 is 1.12 bits per heavy atom. The fourth-order valence-corrected chi connectivity index (χ4v) is 1.31. The number of para-hydroxylation sites is 1. The monoisotopic (exact) mass is 245 g/mol. The summed E-state index contributed by atoms with van der Waals surface area (Å²) in [5.74, 6) is -1.67. The maximum absolute atomic E-state index is 13.1. The van der Waals surface area contributed by atoms with Gasteiger partial charge in [0.05, 0.1) is 0 Å². The van der Waals surface area contributed by atoms with Crippen LogP contribution < -0.4 is 10.1 Å². The molecule has 0 spiro atoms. The second-order valence-electron chi connectivity index (χ2n) is 3.50. The summed E-state index contributed by atoms with van der Waals surface area (Å²) < 4.78 is 36.2. The fourth-order valence-electron chi connectivity index (χ4n) is 1.31. The highest BCUT2D eigenvalue weighted by Gasteiger charge is 2.08. The summed E-state index contributed by atoms with van der Waals surface area (Å²) in [7, 11) is 1.64. The third kappa shape index (κ3) is 5.10. The normalized spacial score (nSPS) is 10.5. The van der Waals surface area contributed by atoms with Gasteiger partial charge in [-0.05, 0) is 25.1 Å². The highest BCUT2D eigenvalue weighted by atomic mass is 19.1. The molecule has 0 saturated heterocycles. The molecule has 0 atom stereocenters. The van der Waals surface area contributed by atoms with Crippen LogP contribution in [0.1, 0.15) is 6.42 Å². The fraction of sp³-hybridized carbons (Fsp3) is 0.500. The molecule has 0 fully saturated rings. The lowest BCUT2D eigenvalue weighted by Gasteiger charge is -2.08. The molecule has 3 nitrogen and oxygen atoms in total. The van der Waals surface area contributed by atoms with E-state index in [0.717, 1.165) is 13.0 Å². The lowest BCUT2D eigenvalue weighted by atomic mass is 10.3. The molecule has 0 unspecified atom stereocenters. The van der Waals surface area contributed by atoms with Crippen molar-refractivity contribution in [3.63, 3.8) is 0 Å². The van der Waals surface area contributed by atoms with Crippen LogP contribution in [0.15, 0.2) is 18.2 Å². The van der Waals surface area contributed by atoms with Gasteiger partial charge in [-0.15, -0.1) is 0 Å². The van der Waals surface area contributed by atoms with E-state index in [-0.39, 0.29) is 12.4 Å². The number of methoxy groups -OCH3 is 1. The molecule has 0 saturated carbocycles. The molecule has 1 aromatic carbocycles. The molecule has 0 radical (unpaired) electrons. The highest BCUT2D eigenvalue weighted by molar-refractivity contribution is 5.25. The molecule has 17 heavy (non-hydrogen) atoms. The van der Waals surface area contributed by atoms with E-state index in [0.29, 0.717) is 13.2 Å². The zero-order valence-corrected chi connectivity index (χ0v) is 9.84. The van der Waals surface area contributed by atoms with Crippen molar-refractivity contribution in [3.8, 4) is 5.75 Å². The Labute approximate surface area is 99.7 Å². The van der Waals surface area contributed by atoms with Crippen molar-refractivity contribution < 1.29 is 18.3 Å². The van der Waals surface area contributed by atoms with Gasteiger partial charge in [0, 0.05) is 20.3 Å². The van der Waals surface area contributed by atoms with Gasteiger partial charge < -0.3 is 14.8 Å². The minimum absolute atomic E-state index is 0.227. The molecule has 1 rings (SSSR count). The number of nitrogens with one attached hydrogen (secondary N) is 1. The van der Waals surface area contributed by atoms with Crippen LogP contribution in [-0.2, 0) is 4.74 Å². The maximum Gasteiger partial charge on any atom is 0.190 e. The number of benzene rings is 1. The molecule has 0 heterocycles. The van der Waals surface area contributed by atoms with E-state index in [4.69, 9.17) is 9.47 Å². The smallest absolute Gasteiger partial charge is 0.190 e. The van der Waals surface area contributed by atoms with E-state index >= 15 is 0 Å². The van der Waals surface area contributed by atoms with Crippen molar-refractivity contribution in [2.24, 2.45) is 0 Å². The molecule has 1 N–H and O–H groups in total. The predicted octanol–water partition coefficient (Wildman–Crippen LogP) is 1.97. The van der Waals surface area contributed by atoms with E-state index < -0.39 is 11.6 Å². The molecular weight excluding hydrogens is 228 g/mol. The average molecular weight is 245 g/mol. The van der Waals surface area contributed by atoms with Crippen molar-refractivity contribution in [3.05, 3.63) is 29.8 Å². The molecule has 0 aromatic heterocycles. The van der Waals surface area contributed by atoms with Crippen LogP contribution in [-0.4, -0.2) is 33.4 Å². The van der Waals surface area contributed by atoms with Gasteiger partial charge in [0.25, 0.3) is 0 Å². The number of ether oxygens (including phenoxy) is 2. The summed E-state index contributed by atoms with van der Waals surface area (Å²) in [6.45, 7) is 2.25. The molecule has 96 valence electrons. The molecule has 0 bridgehead atoms. The Hall–Kier alpha value is -1.20. The number of hydrogen-bond donors (Lipinski definition) is 1. The van der Waals surface area contributed by atoms with Crippen LogP contribution in [0.4, 0.5) is 8.78 Å². The molecular formula is C12H17F2NO2. The van der Waals surface area contributed by atoms with Crippen LogP contribution in [0.5, 0.6) is 5.75 Å². The highest BCUT2D eigenvalue weighted by Crippen LogP contribution is 2.20. The van der Waals surface area contributed by atoms with Gasteiger partial charge in [0.1, 0.15) is 6.61 Å². The summed E-state index contributed by atoms with van der Waals surface area (Å²) in [6.07, 6.45) is 0.893. The predicted molar refractivity (Wildman–Crippen MR) is 61.2 cm³/mol. The SMILES string of the molecule is COCCCNCCOc1c(F)cccc1F. The zero-order chi connectivity index (χ0) is 12.5. The quantitative estimate of drug-likeness (QED) is 0.710. The molecule has 1 aromatic rings. The van der Waals surface area contributed by atoms with Crippen molar-refractivity contribution in [1.29, 1.82) is 0 Å². The van der Waals surface area contributed by atoms with Crippen LogP contribution >= 0.6 is 0 Å². The molecule has 0 aliphatic carbocycles. The van der Waals surface area contributed by atoms with Crippen molar-refractivity contribution in [2.45, 2.75) is 6.42 Å². The van der Waals surface area contributed by atoms with Gasteiger partial charge >= 0.3 is 0 Å². The summed E-state index contributed by atoms with van der Waals surface area (Å²) >= 11 is 0. The van der Waals surface area contributed by atoms with Crippen LogP contribution in [0.2, 0.25) is 0 Å². The van der Waals surface area contributed by atoms with Crippen LogP contribution in [0.3, 0.4) is 0 Å². The third-order valence-electron chi connectivity index (χ3n) is 2.15.